The van der Waals surface area contributed by atoms with Crippen LogP contribution in [0.3, 0.4) is 0 Å². The molecule has 34 heavy (non-hydrogen) atoms. The number of carbonyl (C=O) groups is 1. The maximum absolute atomic E-state index is 13.1. The van der Waals surface area contributed by atoms with Gasteiger partial charge in [0, 0.05) is 12.1 Å². The molecule has 176 valence electrons. The van der Waals surface area contributed by atoms with Gasteiger partial charge in [-0.15, -0.1) is 0 Å². The number of nitrogens with zero attached hydrogens (tertiary/aromatic N) is 2. The SMILES string of the molecule is CC(C)N=C1S/C(=C/c2cc(I)c(OCc3cccc4ccccc34)c(I)c2)C(=O)N1C(C)C. The van der Waals surface area contributed by atoms with Gasteiger partial charge in [0.1, 0.15) is 12.4 Å². The number of thioether (sulfide) groups is 1. The van der Waals surface area contributed by atoms with Gasteiger partial charge in [0.2, 0.25) is 0 Å². The number of hydrogen-bond donors (Lipinski definition) is 0. The molecule has 0 atom stereocenters. The van der Waals surface area contributed by atoms with Crippen LogP contribution in [0.4, 0.5) is 0 Å². The maximum Gasteiger partial charge on any atom is 0.266 e. The van der Waals surface area contributed by atoms with Crippen molar-refractivity contribution in [3.63, 3.8) is 0 Å². The van der Waals surface area contributed by atoms with Gasteiger partial charge in [0.05, 0.1) is 12.0 Å². The van der Waals surface area contributed by atoms with Crippen molar-refractivity contribution in [2.24, 2.45) is 4.99 Å². The number of amides is 1. The van der Waals surface area contributed by atoms with Crippen molar-refractivity contribution in [3.8, 4) is 5.75 Å². The van der Waals surface area contributed by atoms with Gasteiger partial charge in [0.15, 0.2) is 5.17 Å². The van der Waals surface area contributed by atoms with Crippen molar-refractivity contribution in [2.45, 2.75) is 46.4 Å². The highest BCUT2D eigenvalue weighted by atomic mass is 127. The fourth-order valence-corrected chi connectivity index (χ4v) is 7.13. The number of hydrogen-bond acceptors (Lipinski definition) is 4. The molecule has 4 nitrogen and oxygen atoms in total. The summed E-state index contributed by atoms with van der Waals surface area (Å²) >= 11 is 6.08. The monoisotopic (exact) mass is 696 g/mol. The Hall–Kier alpha value is -1.59. The first-order chi connectivity index (χ1) is 16.2. The van der Waals surface area contributed by atoms with Crippen LogP contribution in [0.2, 0.25) is 0 Å². The van der Waals surface area contributed by atoms with Gasteiger partial charge in [-0.2, -0.15) is 0 Å². The van der Waals surface area contributed by atoms with E-state index in [0.717, 1.165) is 29.2 Å². The highest BCUT2D eigenvalue weighted by Gasteiger charge is 2.35. The molecule has 3 aromatic rings. The Labute approximate surface area is 232 Å². The number of amidine groups is 1. The molecule has 0 N–H and O–H groups in total. The van der Waals surface area contributed by atoms with Crippen molar-refractivity contribution >= 4 is 84.9 Å². The lowest BCUT2D eigenvalue weighted by atomic mass is 10.1. The van der Waals surface area contributed by atoms with Crippen molar-refractivity contribution in [1.82, 2.24) is 4.90 Å². The van der Waals surface area contributed by atoms with Crippen LogP contribution in [0.15, 0.2) is 64.5 Å². The van der Waals surface area contributed by atoms with E-state index in [1.165, 1.54) is 22.5 Å². The second-order valence-electron chi connectivity index (χ2n) is 8.63. The fraction of sp³-hybridized carbons (Fsp3) is 0.259. The molecule has 7 heteroatoms. The molecule has 1 fully saturated rings. The molecule has 1 amide bonds. The summed E-state index contributed by atoms with van der Waals surface area (Å²) in [5.41, 5.74) is 2.14. The van der Waals surface area contributed by atoms with Crippen molar-refractivity contribution < 1.29 is 9.53 Å². The summed E-state index contributed by atoms with van der Waals surface area (Å²) in [4.78, 5) is 20.2. The molecular weight excluding hydrogens is 670 g/mol. The lowest BCUT2D eigenvalue weighted by Gasteiger charge is -2.20. The predicted molar refractivity (Wildman–Crippen MR) is 160 cm³/mol. The molecule has 0 aliphatic carbocycles. The molecule has 3 aromatic carbocycles. The van der Waals surface area contributed by atoms with Crippen molar-refractivity contribution in [2.75, 3.05) is 0 Å². The van der Waals surface area contributed by atoms with Crippen LogP contribution in [-0.2, 0) is 11.4 Å². The quantitative estimate of drug-likeness (QED) is 0.196. The Bertz CT molecular complexity index is 1270. The Kier molecular flexibility index (Phi) is 8.24. The third kappa shape index (κ3) is 5.62. The minimum atomic E-state index is 0.0145. The van der Waals surface area contributed by atoms with Gasteiger partial charge in [-0.05, 0) is 125 Å². The Morgan fingerprint density at radius 2 is 1.71 bits per heavy atom. The molecule has 1 aliphatic rings. The number of halogens is 2. The van der Waals surface area contributed by atoms with E-state index in [4.69, 9.17) is 4.74 Å². The van der Waals surface area contributed by atoms with E-state index in [0.29, 0.717) is 11.5 Å². The number of rotatable bonds is 6. The number of carbonyl (C=O) groups excluding carboxylic acids is 1. The van der Waals surface area contributed by atoms with E-state index in [1.54, 1.807) is 4.90 Å². The first-order valence-electron chi connectivity index (χ1n) is 11.1. The number of benzene rings is 3. The van der Waals surface area contributed by atoms with E-state index in [1.807, 2.05) is 33.8 Å². The summed E-state index contributed by atoms with van der Waals surface area (Å²) in [6.07, 6.45) is 1.96. The summed E-state index contributed by atoms with van der Waals surface area (Å²) in [6.45, 7) is 8.59. The fourth-order valence-electron chi connectivity index (χ4n) is 3.77. The predicted octanol–water partition coefficient (Wildman–Crippen LogP) is 7.72. The minimum absolute atomic E-state index is 0.0145. The van der Waals surface area contributed by atoms with E-state index in [2.05, 4.69) is 105 Å². The molecule has 4 rings (SSSR count). The lowest BCUT2D eigenvalue weighted by Crippen LogP contribution is -2.35. The second kappa shape index (κ2) is 11.0. The topological polar surface area (TPSA) is 41.9 Å². The average molecular weight is 696 g/mol. The summed E-state index contributed by atoms with van der Waals surface area (Å²) in [5, 5.41) is 3.20. The summed E-state index contributed by atoms with van der Waals surface area (Å²) < 4.78 is 8.32. The standard InChI is InChI=1S/C27H26I2N2O2S/c1-16(2)30-27-31(17(3)4)26(32)24(34-27)14-18-12-22(28)25(23(29)13-18)33-15-20-10-7-9-19-8-5-6-11-21(19)20/h5-14,16-17H,15H2,1-4H3/b24-14+,30-27?. The van der Waals surface area contributed by atoms with Crippen molar-refractivity contribution in [3.05, 3.63) is 77.8 Å². The smallest absolute Gasteiger partial charge is 0.266 e. The Morgan fingerprint density at radius 3 is 2.38 bits per heavy atom. The van der Waals surface area contributed by atoms with Crippen LogP contribution >= 0.6 is 56.9 Å². The van der Waals surface area contributed by atoms with E-state index in [-0.39, 0.29) is 18.0 Å². The minimum Gasteiger partial charge on any atom is -0.487 e. The molecule has 0 aromatic heterocycles. The van der Waals surface area contributed by atoms with Crippen LogP contribution in [0.5, 0.6) is 5.75 Å². The van der Waals surface area contributed by atoms with Crippen LogP contribution in [0, 0.1) is 7.14 Å². The largest absolute Gasteiger partial charge is 0.487 e. The van der Waals surface area contributed by atoms with Gasteiger partial charge < -0.3 is 4.74 Å². The molecule has 0 unspecified atom stereocenters. The third-order valence-corrected chi connectivity index (χ3v) is 7.89. The van der Waals surface area contributed by atoms with Gasteiger partial charge >= 0.3 is 0 Å². The summed E-state index contributed by atoms with van der Waals surface area (Å²) in [7, 11) is 0. The zero-order valence-electron chi connectivity index (χ0n) is 19.5. The summed E-state index contributed by atoms with van der Waals surface area (Å²) in [6, 6.07) is 19.0. The number of fused-ring (bicyclic) bond motifs is 1. The van der Waals surface area contributed by atoms with Gasteiger partial charge in [-0.1, -0.05) is 42.5 Å². The second-order valence-corrected chi connectivity index (χ2v) is 12.0. The zero-order chi connectivity index (χ0) is 24.4. The van der Waals surface area contributed by atoms with Gasteiger partial charge in [-0.3, -0.25) is 14.7 Å². The molecule has 1 aliphatic heterocycles. The van der Waals surface area contributed by atoms with Crippen LogP contribution in [-0.4, -0.2) is 28.1 Å². The highest BCUT2D eigenvalue weighted by molar-refractivity contribution is 14.1. The Morgan fingerprint density at radius 1 is 1.03 bits per heavy atom. The first-order valence-corrected chi connectivity index (χ1v) is 14.1. The number of ether oxygens (including phenoxy) is 1. The van der Waals surface area contributed by atoms with Crippen LogP contribution in [0.1, 0.15) is 38.8 Å². The van der Waals surface area contributed by atoms with Crippen molar-refractivity contribution in [1.29, 1.82) is 0 Å². The highest BCUT2D eigenvalue weighted by Crippen LogP contribution is 2.36. The summed E-state index contributed by atoms with van der Waals surface area (Å²) in [5.74, 6) is 0.883. The number of aliphatic imine (C=N–C) groups is 1. The molecular formula is C27H26I2N2O2S. The van der Waals surface area contributed by atoms with Crippen LogP contribution < -0.4 is 4.74 Å². The van der Waals surface area contributed by atoms with E-state index >= 15 is 0 Å². The lowest BCUT2D eigenvalue weighted by molar-refractivity contribution is -0.123. The molecule has 0 saturated carbocycles. The molecule has 0 spiro atoms. The molecule has 1 heterocycles. The molecule has 1 saturated heterocycles. The van der Waals surface area contributed by atoms with Crippen LogP contribution in [0.25, 0.3) is 16.8 Å². The zero-order valence-corrected chi connectivity index (χ0v) is 24.6. The molecule has 0 bridgehead atoms. The average Bonchev–Trinajstić information content (AvgIpc) is 3.07. The molecule has 0 radical (unpaired) electrons. The maximum atomic E-state index is 13.1. The van der Waals surface area contributed by atoms with Gasteiger partial charge in [-0.25, -0.2) is 0 Å². The Balaban J connectivity index is 1.58. The van der Waals surface area contributed by atoms with E-state index < -0.39 is 0 Å². The normalized spacial score (nSPS) is 16.6. The first kappa shape index (κ1) is 25.5. The third-order valence-electron chi connectivity index (χ3n) is 5.29. The van der Waals surface area contributed by atoms with Gasteiger partial charge in [0.25, 0.3) is 5.91 Å². The van der Waals surface area contributed by atoms with E-state index in [9.17, 15) is 4.79 Å².